The van der Waals surface area contributed by atoms with Crippen molar-refractivity contribution >= 4 is 38.9 Å². The second-order valence-corrected chi connectivity index (χ2v) is 10.6. The maximum Gasteiger partial charge on any atom is 0.262 e. The number of sulfonamides is 1. The molecular formula is C28H25N7O6S. The van der Waals surface area contributed by atoms with E-state index in [1.54, 1.807) is 62.9 Å². The highest BCUT2D eigenvalue weighted by molar-refractivity contribution is 7.92. The van der Waals surface area contributed by atoms with Crippen LogP contribution in [0, 0.1) is 0 Å². The van der Waals surface area contributed by atoms with Crippen LogP contribution in [0.2, 0.25) is 0 Å². The van der Waals surface area contributed by atoms with Gasteiger partial charge in [-0.2, -0.15) is 4.98 Å². The van der Waals surface area contributed by atoms with Crippen molar-refractivity contribution in [3.05, 3.63) is 79.0 Å². The first-order valence-corrected chi connectivity index (χ1v) is 14.1. The van der Waals surface area contributed by atoms with Gasteiger partial charge in [0.25, 0.3) is 10.0 Å². The van der Waals surface area contributed by atoms with Gasteiger partial charge in [0.05, 0.1) is 24.7 Å². The quantitative estimate of drug-likeness (QED) is 0.176. The highest BCUT2D eigenvalue weighted by atomic mass is 32.2. The number of rotatable bonds is 10. The number of fused-ring (bicyclic) bond motifs is 1. The number of ether oxygens (including phenoxy) is 4. The molecular weight excluding hydrogens is 562 g/mol. The minimum absolute atomic E-state index is 0.0618. The van der Waals surface area contributed by atoms with Crippen LogP contribution in [-0.4, -0.2) is 49.6 Å². The van der Waals surface area contributed by atoms with Crippen molar-refractivity contribution in [2.45, 2.75) is 4.90 Å². The highest BCUT2D eigenvalue weighted by Gasteiger charge is 2.20. The molecule has 5 aromatic rings. The standard InChI is InChI=1S/C28H25N7O6S/c1-38-20-12-19(13-21(14-20)39-2)30-26-23(4-3-11-29-26)27-32-28(34-33-27)31-17-5-7-18(8-6-17)35-42(36,37)22-9-10-24-25(15-22)41-16-40-24/h3-15,35H,16H2,1-2H3,(H,29,30)(H2,31,32,33,34). The zero-order chi connectivity index (χ0) is 29.1. The monoisotopic (exact) mass is 587 g/mol. The minimum atomic E-state index is -3.83. The molecule has 1 aliphatic rings. The van der Waals surface area contributed by atoms with Crippen LogP contribution in [-0.2, 0) is 10.0 Å². The van der Waals surface area contributed by atoms with Gasteiger partial charge >= 0.3 is 0 Å². The Morgan fingerprint density at radius 2 is 1.57 bits per heavy atom. The van der Waals surface area contributed by atoms with Crippen molar-refractivity contribution < 1.29 is 27.4 Å². The fraction of sp³-hybridized carbons (Fsp3) is 0.107. The van der Waals surface area contributed by atoms with Crippen molar-refractivity contribution in [2.75, 3.05) is 36.4 Å². The Hall–Kier alpha value is -5.50. The van der Waals surface area contributed by atoms with Crippen LogP contribution in [0.15, 0.2) is 83.9 Å². The smallest absolute Gasteiger partial charge is 0.262 e. The Bertz CT molecular complexity index is 1820. The summed E-state index contributed by atoms with van der Waals surface area (Å²) in [5.41, 5.74) is 2.44. The largest absolute Gasteiger partial charge is 0.497 e. The zero-order valence-corrected chi connectivity index (χ0v) is 23.2. The molecule has 0 atom stereocenters. The number of benzene rings is 3. The summed E-state index contributed by atoms with van der Waals surface area (Å²) in [4.78, 5) is 9.08. The number of aromatic nitrogens is 4. The number of H-pyrrole nitrogens is 1. The van der Waals surface area contributed by atoms with Crippen molar-refractivity contribution in [1.29, 1.82) is 0 Å². The Morgan fingerprint density at radius 3 is 2.33 bits per heavy atom. The predicted molar refractivity (Wildman–Crippen MR) is 156 cm³/mol. The number of aromatic amines is 1. The number of hydrogen-bond donors (Lipinski definition) is 4. The third kappa shape index (κ3) is 5.69. The maximum absolute atomic E-state index is 12.9. The van der Waals surface area contributed by atoms with Crippen molar-refractivity contribution in [3.63, 3.8) is 0 Å². The summed E-state index contributed by atoms with van der Waals surface area (Å²) in [6.07, 6.45) is 1.67. The summed E-state index contributed by atoms with van der Waals surface area (Å²) in [5.74, 6) is 3.51. The van der Waals surface area contributed by atoms with E-state index in [0.29, 0.717) is 57.5 Å². The van der Waals surface area contributed by atoms with E-state index in [4.69, 9.17) is 18.9 Å². The number of methoxy groups -OCH3 is 2. The number of hydrogen-bond acceptors (Lipinski definition) is 11. The van der Waals surface area contributed by atoms with Crippen LogP contribution in [0.3, 0.4) is 0 Å². The summed E-state index contributed by atoms with van der Waals surface area (Å²) >= 11 is 0. The fourth-order valence-electron chi connectivity index (χ4n) is 4.16. The molecule has 0 bridgehead atoms. The molecule has 3 aromatic carbocycles. The third-order valence-electron chi connectivity index (χ3n) is 6.21. The summed E-state index contributed by atoms with van der Waals surface area (Å²) in [7, 11) is -0.662. The molecule has 4 N–H and O–H groups in total. The zero-order valence-electron chi connectivity index (χ0n) is 22.4. The highest BCUT2D eigenvalue weighted by Crippen LogP contribution is 2.35. The van der Waals surface area contributed by atoms with Crippen molar-refractivity contribution in [1.82, 2.24) is 20.2 Å². The lowest BCUT2D eigenvalue weighted by atomic mass is 10.2. The Balaban J connectivity index is 1.15. The molecule has 0 spiro atoms. The van der Waals surface area contributed by atoms with Crippen LogP contribution in [0.5, 0.6) is 23.0 Å². The molecule has 0 saturated carbocycles. The van der Waals surface area contributed by atoms with Gasteiger partial charge in [0.15, 0.2) is 17.3 Å². The predicted octanol–water partition coefficient (Wildman–Crippen LogP) is 4.90. The number of nitrogens with zero attached hydrogens (tertiary/aromatic N) is 3. The number of anilines is 5. The van der Waals surface area contributed by atoms with E-state index < -0.39 is 10.0 Å². The van der Waals surface area contributed by atoms with E-state index in [2.05, 4.69) is 35.5 Å². The molecule has 0 amide bonds. The third-order valence-corrected chi connectivity index (χ3v) is 7.59. The molecule has 0 unspecified atom stereocenters. The lowest BCUT2D eigenvalue weighted by molar-refractivity contribution is 0.174. The van der Waals surface area contributed by atoms with Gasteiger partial charge in [-0.15, -0.1) is 5.10 Å². The minimum Gasteiger partial charge on any atom is -0.497 e. The van der Waals surface area contributed by atoms with E-state index in [9.17, 15) is 8.42 Å². The van der Waals surface area contributed by atoms with E-state index >= 15 is 0 Å². The first-order chi connectivity index (χ1) is 20.4. The Kier molecular flexibility index (Phi) is 7.10. The molecule has 42 heavy (non-hydrogen) atoms. The molecule has 0 radical (unpaired) electrons. The van der Waals surface area contributed by atoms with Gasteiger partial charge in [-0.25, -0.2) is 13.4 Å². The average molecular weight is 588 g/mol. The lowest BCUT2D eigenvalue weighted by Crippen LogP contribution is -2.12. The second-order valence-electron chi connectivity index (χ2n) is 8.96. The van der Waals surface area contributed by atoms with Crippen molar-refractivity contribution in [3.8, 4) is 34.4 Å². The molecule has 1 aliphatic heterocycles. The van der Waals surface area contributed by atoms with Crippen LogP contribution in [0.1, 0.15) is 0 Å². The molecule has 14 heteroatoms. The lowest BCUT2D eigenvalue weighted by Gasteiger charge is -2.12. The normalized spacial score (nSPS) is 12.0. The van der Waals surface area contributed by atoms with Crippen molar-refractivity contribution in [2.24, 2.45) is 0 Å². The van der Waals surface area contributed by atoms with Crippen LogP contribution in [0.25, 0.3) is 11.4 Å². The maximum atomic E-state index is 12.9. The van der Waals surface area contributed by atoms with E-state index in [1.165, 1.54) is 12.1 Å². The SMILES string of the molecule is COc1cc(Nc2ncccc2-c2nc(Nc3ccc(NS(=O)(=O)c4ccc5c(c4)OCO5)cc3)n[nH]2)cc(OC)c1. The first kappa shape index (κ1) is 26.7. The molecule has 13 nitrogen and oxygen atoms in total. The van der Waals surface area contributed by atoms with Gasteiger partial charge < -0.3 is 29.6 Å². The first-order valence-electron chi connectivity index (χ1n) is 12.6. The Labute approximate surface area is 240 Å². The van der Waals surface area contributed by atoms with Gasteiger partial charge in [-0.05, 0) is 48.5 Å². The molecule has 0 fully saturated rings. The number of pyridine rings is 1. The van der Waals surface area contributed by atoms with Gasteiger partial charge in [-0.1, -0.05) is 0 Å². The van der Waals surface area contributed by atoms with Gasteiger partial charge in [0, 0.05) is 47.5 Å². The summed E-state index contributed by atoms with van der Waals surface area (Å²) in [6.45, 7) is 0.0618. The van der Waals surface area contributed by atoms with Gasteiger partial charge in [0.1, 0.15) is 17.3 Å². The Morgan fingerprint density at radius 1 is 0.833 bits per heavy atom. The van der Waals surface area contributed by atoms with E-state index in [1.807, 2.05) is 18.2 Å². The van der Waals surface area contributed by atoms with Gasteiger partial charge in [-0.3, -0.25) is 9.82 Å². The van der Waals surface area contributed by atoms with Gasteiger partial charge in [0.2, 0.25) is 12.7 Å². The fourth-order valence-corrected chi connectivity index (χ4v) is 5.23. The summed E-state index contributed by atoms with van der Waals surface area (Å²) in [6, 6.07) is 20.2. The molecule has 0 saturated heterocycles. The summed E-state index contributed by atoms with van der Waals surface area (Å²) < 4.78 is 49.5. The molecule has 2 aromatic heterocycles. The van der Waals surface area contributed by atoms with E-state index in [0.717, 1.165) is 5.69 Å². The van der Waals surface area contributed by atoms with Crippen LogP contribution >= 0.6 is 0 Å². The summed E-state index contributed by atoms with van der Waals surface area (Å²) in [5, 5.41) is 13.6. The average Bonchev–Trinajstić information content (AvgIpc) is 3.67. The topological polar surface area (TPSA) is 162 Å². The second kappa shape index (κ2) is 11.2. The van der Waals surface area contributed by atoms with Crippen LogP contribution in [0.4, 0.5) is 28.8 Å². The molecule has 6 rings (SSSR count). The molecule has 214 valence electrons. The number of nitrogens with one attached hydrogen (secondary N) is 4. The van der Waals surface area contributed by atoms with E-state index in [-0.39, 0.29) is 11.7 Å². The molecule has 0 aliphatic carbocycles. The van der Waals surface area contributed by atoms with Crippen LogP contribution < -0.4 is 34.3 Å². The molecule has 3 heterocycles.